The highest BCUT2D eigenvalue weighted by Gasteiger charge is 2.32. The molecule has 2 N–H and O–H groups in total. The number of amides is 2. The van der Waals surface area contributed by atoms with Gasteiger partial charge < -0.3 is 15.3 Å². The van der Waals surface area contributed by atoms with E-state index in [-0.39, 0.29) is 18.0 Å². The van der Waals surface area contributed by atoms with E-state index in [0.29, 0.717) is 25.9 Å². The summed E-state index contributed by atoms with van der Waals surface area (Å²) in [5, 5.41) is 12.0. The molecule has 2 unspecified atom stereocenters. The molecule has 2 atom stereocenters. The summed E-state index contributed by atoms with van der Waals surface area (Å²) in [6, 6.07) is 0.654. The zero-order chi connectivity index (χ0) is 15.4. The number of rotatable bonds is 6. The van der Waals surface area contributed by atoms with Crippen LogP contribution in [0.3, 0.4) is 0 Å². The van der Waals surface area contributed by atoms with Gasteiger partial charge in [0.05, 0.1) is 5.92 Å². The predicted molar refractivity (Wildman–Crippen MR) is 80.2 cm³/mol. The molecule has 0 radical (unpaired) electrons. The highest BCUT2D eigenvalue weighted by atomic mass is 16.4. The third-order valence-electron chi connectivity index (χ3n) is 4.63. The number of likely N-dealkylation sites (N-methyl/N-ethyl adjacent to an activating group) is 1. The number of hydrogen-bond acceptors (Lipinski definition) is 3. The van der Waals surface area contributed by atoms with Gasteiger partial charge in [0, 0.05) is 31.7 Å². The number of nitrogens with zero attached hydrogens (tertiary/aromatic N) is 2. The highest BCUT2D eigenvalue weighted by Crippen LogP contribution is 2.26. The van der Waals surface area contributed by atoms with Crippen molar-refractivity contribution in [2.24, 2.45) is 5.92 Å². The fraction of sp³-hybridized carbons (Fsp3) is 0.867. The quantitative estimate of drug-likeness (QED) is 0.776. The van der Waals surface area contributed by atoms with Crippen molar-refractivity contribution < 1.29 is 14.7 Å². The molecule has 0 bridgehead atoms. The predicted octanol–water partition coefficient (Wildman–Crippen LogP) is 1.37. The lowest BCUT2D eigenvalue weighted by Gasteiger charge is -2.36. The number of hydrogen-bond donors (Lipinski definition) is 2. The molecule has 0 aromatic rings. The van der Waals surface area contributed by atoms with Gasteiger partial charge in [-0.3, -0.25) is 9.69 Å². The Labute approximate surface area is 126 Å². The number of aliphatic carboxylic acids is 1. The molecule has 6 nitrogen and oxygen atoms in total. The summed E-state index contributed by atoms with van der Waals surface area (Å²) < 4.78 is 0. The minimum absolute atomic E-state index is 0.00874. The van der Waals surface area contributed by atoms with Crippen molar-refractivity contribution >= 4 is 12.0 Å². The molecule has 120 valence electrons. The van der Waals surface area contributed by atoms with Crippen LogP contribution in [0.25, 0.3) is 0 Å². The van der Waals surface area contributed by atoms with E-state index in [0.717, 1.165) is 19.1 Å². The van der Waals surface area contributed by atoms with Crippen molar-refractivity contribution in [3.05, 3.63) is 0 Å². The summed E-state index contributed by atoms with van der Waals surface area (Å²) in [5.41, 5.74) is 0. The summed E-state index contributed by atoms with van der Waals surface area (Å²) in [4.78, 5) is 27.4. The molecule has 0 aromatic carbocycles. The van der Waals surface area contributed by atoms with Crippen molar-refractivity contribution in [1.82, 2.24) is 15.1 Å². The summed E-state index contributed by atoms with van der Waals surface area (Å²) in [6.45, 7) is 7.20. The SMILES string of the molecule is CCN(CCNC(=O)N1CCC(C(=O)O)CC1C)C1CC1. The van der Waals surface area contributed by atoms with Crippen LogP contribution < -0.4 is 5.32 Å². The molecule has 2 amide bonds. The Morgan fingerprint density at radius 3 is 2.57 bits per heavy atom. The van der Waals surface area contributed by atoms with Crippen LogP contribution in [-0.4, -0.2) is 65.2 Å². The maximum Gasteiger partial charge on any atom is 0.317 e. The topological polar surface area (TPSA) is 72.9 Å². The fourth-order valence-corrected chi connectivity index (χ4v) is 3.14. The first-order chi connectivity index (χ1) is 10.0. The molecule has 2 rings (SSSR count). The van der Waals surface area contributed by atoms with E-state index >= 15 is 0 Å². The van der Waals surface area contributed by atoms with E-state index in [9.17, 15) is 9.59 Å². The molecule has 6 heteroatoms. The minimum Gasteiger partial charge on any atom is -0.481 e. The third kappa shape index (κ3) is 4.33. The van der Waals surface area contributed by atoms with Gasteiger partial charge in [-0.15, -0.1) is 0 Å². The second-order valence-electron chi connectivity index (χ2n) is 6.19. The summed E-state index contributed by atoms with van der Waals surface area (Å²) >= 11 is 0. The Bertz CT molecular complexity index is 384. The molecular weight excluding hydrogens is 270 g/mol. The molecule has 2 aliphatic rings. The van der Waals surface area contributed by atoms with Crippen LogP contribution in [-0.2, 0) is 4.79 Å². The highest BCUT2D eigenvalue weighted by molar-refractivity contribution is 5.75. The van der Waals surface area contributed by atoms with Crippen LogP contribution in [0.1, 0.15) is 39.5 Å². The Morgan fingerprint density at radius 1 is 1.33 bits per heavy atom. The number of carboxylic acids is 1. The first-order valence-corrected chi connectivity index (χ1v) is 8.04. The van der Waals surface area contributed by atoms with Gasteiger partial charge in [0.25, 0.3) is 0 Å². The molecule has 1 saturated heterocycles. The number of likely N-dealkylation sites (tertiary alicyclic amines) is 1. The number of carbonyl (C=O) groups excluding carboxylic acids is 1. The number of carbonyl (C=O) groups is 2. The zero-order valence-electron chi connectivity index (χ0n) is 13.0. The molecule has 0 spiro atoms. The average Bonchev–Trinajstić information content (AvgIpc) is 3.27. The third-order valence-corrected chi connectivity index (χ3v) is 4.63. The van der Waals surface area contributed by atoms with E-state index in [1.165, 1.54) is 12.8 Å². The van der Waals surface area contributed by atoms with E-state index in [2.05, 4.69) is 17.1 Å². The van der Waals surface area contributed by atoms with E-state index in [1.807, 2.05) is 6.92 Å². The van der Waals surface area contributed by atoms with E-state index in [4.69, 9.17) is 5.11 Å². The molecule has 1 aliphatic carbocycles. The van der Waals surface area contributed by atoms with Crippen molar-refractivity contribution in [1.29, 1.82) is 0 Å². The molecule has 1 saturated carbocycles. The Balaban J connectivity index is 1.71. The van der Waals surface area contributed by atoms with Gasteiger partial charge in [-0.25, -0.2) is 4.79 Å². The van der Waals surface area contributed by atoms with Crippen LogP contribution in [0.2, 0.25) is 0 Å². The van der Waals surface area contributed by atoms with E-state index in [1.54, 1.807) is 4.90 Å². The van der Waals surface area contributed by atoms with Crippen LogP contribution in [0.4, 0.5) is 4.79 Å². The first-order valence-electron chi connectivity index (χ1n) is 8.04. The van der Waals surface area contributed by atoms with Crippen molar-refractivity contribution in [2.75, 3.05) is 26.2 Å². The van der Waals surface area contributed by atoms with Crippen LogP contribution >= 0.6 is 0 Å². The van der Waals surface area contributed by atoms with Crippen LogP contribution in [0, 0.1) is 5.92 Å². The second-order valence-corrected chi connectivity index (χ2v) is 6.19. The molecule has 1 heterocycles. The Kier molecular flexibility index (Phi) is 5.45. The van der Waals surface area contributed by atoms with Gasteiger partial charge in [0.15, 0.2) is 0 Å². The zero-order valence-corrected chi connectivity index (χ0v) is 13.0. The lowest BCUT2D eigenvalue weighted by atomic mass is 9.92. The summed E-state index contributed by atoms with van der Waals surface area (Å²) in [7, 11) is 0. The fourth-order valence-electron chi connectivity index (χ4n) is 3.14. The first kappa shape index (κ1) is 16.1. The number of carboxylic acid groups (broad SMARTS) is 1. The van der Waals surface area contributed by atoms with Crippen molar-refractivity contribution in [3.8, 4) is 0 Å². The van der Waals surface area contributed by atoms with Gasteiger partial charge in [-0.1, -0.05) is 6.92 Å². The lowest BCUT2D eigenvalue weighted by molar-refractivity contribution is -0.143. The van der Waals surface area contributed by atoms with Gasteiger partial charge in [0.2, 0.25) is 0 Å². The monoisotopic (exact) mass is 297 g/mol. The second kappa shape index (κ2) is 7.11. The van der Waals surface area contributed by atoms with Crippen LogP contribution in [0.15, 0.2) is 0 Å². The Morgan fingerprint density at radius 2 is 2.05 bits per heavy atom. The van der Waals surface area contributed by atoms with E-state index < -0.39 is 5.97 Å². The minimum atomic E-state index is -0.745. The van der Waals surface area contributed by atoms with Gasteiger partial charge >= 0.3 is 12.0 Å². The largest absolute Gasteiger partial charge is 0.481 e. The number of piperidine rings is 1. The van der Waals surface area contributed by atoms with Crippen molar-refractivity contribution in [2.45, 2.75) is 51.6 Å². The molecule has 1 aliphatic heterocycles. The smallest absolute Gasteiger partial charge is 0.317 e. The number of urea groups is 1. The molecule has 21 heavy (non-hydrogen) atoms. The standard InChI is InChI=1S/C15H27N3O3/c1-3-17(13-4-5-13)9-7-16-15(21)18-8-6-12(14(19)20)10-11(18)2/h11-13H,3-10H2,1-2H3,(H,16,21)(H,19,20). The summed E-state index contributed by atoms with van der Waals surface area (Å²) in [6.07, 6.45) is 3.66. The number of nitrogens with one attached hydrogen (secondary N) is 1. The van der Waals surface area contributed by atoms with Gasteiger partial charge in [-0.05, 0) is 39.2 Å². The van der Waals surface area contributed by atoms with Crippen LogP contribution in [0.5, 0.6) is 0 Å². The maximum absolute atomic E-state index is 12.2. The lowest BCUT2D eigenvalue weighted by Crippen LogP contribution is -2.51. The molecule has 0 aromatic heterocycles. The van der Waals surface area contributed by atoms with Crippen molar-refractivity contribution in [3.63, 3.8) is 0 Å². The normalized spacial score (nSPS) is 26.0. The maximum atomic E-state index is 12.2. The molecule has 2 fully saturated rings. The van der Waals surface area contributed by atoms with Gasteiger partial charge in [0.1, 0.15) is 0 Å². The summed E-state index contributed by atoms with van der Waals surface area (Å²) in [5.74, 6) is -1.06. The van der Waals surface area contributed by atoms with Gasteiger partial charge in [-0.2, -0.15) is 0 Å². The molecular formula is C15H27N3O3. The Hall–Kier alpha value is -1.30. The average molecular weight is 297 g/mol.